The number of rotatable bonds is 5. The van der Waals surface area contributed by atoms with Gasteiger partial charge in [-0.3, -0.25) is 0 Å². The zero-order chi connectivity index (χ0) is 18.0. The molecule has 3 rings (SSSR count). The smallest absolute Gasteiger partial charge is 0.159 e. The van der Waals surface area contributed by atoms with E-state index >= 15 is 0 Å². The standard InChI is InChI=1S/C21H22F2N2/c1-4-15(5-2)18-12-16(17-6-8-19(22)20(23)13-17)7-9-21(18)25-11-10-14(3)24-25/h6-13,15H,4-5H2,1-3H3. The lowest BCUT2D eigenvalue weighted by atomic mass is 9.90. The van der Waals surface area contributed by atoms with Crippen LogP contribution in [0.3, 0.4) is 0 Å². The van der Waals surface area contributed by atoms with Crippen LogP contribution in [0, 0.1) is 18.6 Å². The molecule has 0 saturated heterocycles. The Morgan fingerprint density at radius 2 is 1.60 bits per heavy atom. The Kier molecular flexibility index (Phi) is 4.98. The van der Waals surface area contributed by atoms with Crippen LogP contribution in [0.4, 0.5) is 8.78 Å². The fraction of sp³-hybridized carbons (Fsp3) is 0.286. The third-order valence-corrected chi connectivity index (χ3v) is 4.68. The maximum absolute atomic E-state index is 13.6. The van der Waals surface area contributed by atoms with Crippen LogP contribution in [0.25, 0.3) is 16.8 Å². The van der Waals surface area contributed by atoms with Gasteiger partial charge >= 0.3 is 0 Å². The Balaban J connectivity index is 2.13. The van der Waals surface area contributed by atoms with Crippen LogP contribution in [0.1, 0.15) is 43.9 Å². The lowest BCUT2D eigenvalue weighted by molar-refractivity contribution is 0.509. The molecule has 130 valence electrons. The Labute approximate surface area is 147 Å². The number of nitrogens with zero attached hydrogens (tertiary/aromatic N) is 2. The van der Waals surface area contributed by atoms with E-state index in [-0.39, 0.29) is 0 Å². The van der Waals surface area contributed by atoms with Crippen molar-refractivity contribution in [2.24, 2.45) is 0 Å². The van der Waals surface area contributed by atoms with Crippen LogP contribution in [0.5, 0.6) is 0 Å². The lowest BCUT2D eigenvalue weighted by Crippen LogP contribution is -2.05. The number of hydrogen-bond acceptors (Lipinski definition) is 1. The lowest BCUT2D eigenvalue weighted by Gasteiger charge is -2.19. The Hall–Kier alpha value is -2.49. The van der Waals surface area contributed by atoms with Crippen LogP contribution in [0.2, 0.25) is 0 Å². The first-order chi connectivity index (χ1) is 12.0. The summed E-state index contributed by atoms with van der Waals surface area (Å²) in [6, 6.07) is 12.0. The molecule has 0 unspecified atom stereocenters. The van der Waals surface area contributed by atoms with Gasteiger partial charge in [-0.25, -0.2) is 13.5 Å². The predicted molar refractivity (Wildman–Crippen MR) is 97.0 cm³/mol. The van der Waals surface area contributed by atoms with E-state index in [2.05, 4.69) is 25.0 Å². The van der Waals surface area contributed by atoms with Crippen molar-refractivity contribution in [1.82, 2.24) is 9.78 Å². The van der Waals surface area contributed by atoms with Gasteiger partial charge in [0.2, 0.25) is 0 Å². The molecule has 0 aliphatic heterocycles. The van der Waals surface area contributed by atoms with E-state index < -0.39 is 11.6 Å². The van der Waals surface area contributed by atoms with Crippen molar-refractivity contribution >= 4 is 0 Å². The van der Waals surface area contributed by atoms with Crippen LogP contribution >= 0.6 is 0 Å². The van der Waals surface area contributed by atoms with Gasteiger partial charge < -0.3 is 0 Å². The van der Waals surface area contributed by atoms with Crippen molar-refractivity contribution in [2.75, 3.05) is 0 Å². The molecule has 1 heterocycles. The topological polar surface area (TPSA) is 17.8 Å². The van der Waals surface area contributed by atoms with Gasteiger partial charge in [0.25, 0.3) is 0 Å². The molecule has 1 aromatic heterocycles. The van der Waals surface area contributed by atoms with E-state index in [1.165, 1.54) is 17.7 Å². The summed E-state index contributed by atoms with van der Waals surface area (Å²) in [6.45, 7) is 6.29. The number of halogens is 2. The molecule has 2 nitrogen and oxygen atoms in total. The molecule has 4 heteroatoms. The van der Waals surface area contributed by atoms with E-state index in [1.807, 2.05) is 36.0 Å². The molecule has 0 aliphatic carbocycles. The van der Waals surface area contributed by atoms with Gasteiger partial charge in [0.15, 0.2) is 11.6 Å². The van der Waals surface area contributed by atoms with Gasteiger partial charge in [0.05, 0.1) is 11.4 Å². The first-order valence-corrected chi connectivity index (χ1v) is 8.65. The first-order valence-electron chi connectivity index (χ1n) is 8.65. The molecule has 0 aliphatic rings. The molecule has 3 aromatic rings. The molecule has 25 heavy (non-hydrogen) atoms. The molecule has 0 N–H and O–H groups in total. The van der Waals surface area contributed by atoms with E-state index in [0.717, 1.165) is 29.8 Å². The quantitative estimate of drug-likeness (QED) is 0.554. The Morgan fingerprint density at radius 1 is 0.920 bits per heavy atom. The number of benzene rings is 2. The van der Waals surface area contributed by atoms with Gasteiger partial charge in [-0.15, -0.1) is 0 Å². The van der Waals surface area contributed by atoms with E-state index in [9.17, 15) is 8.78 Å². The largest absolute Gasteiger partial charge is 0.240 e. The van der Waals surface area contributed by atoms with Gasteiger partial charge in [-0.2, -0.15) is 5.10 Å². The molecular formula is C21H22F2N2. The van der Waals surface area contributed by atoms with Crippen molar-refractivity contribution in [3.63, 3.8) is 0 Å². The summed E-state index contributed by atoms with van der Waals surface area (Å²) in [5.74, 6) is -1.27. The maximum Gasteiger partial charge on any atom is 0.159 e. The minimum atomic E-state index is -0.826. The van der Waals surface area contributed by atoms with Crippen LogP contribution in [-0.4, -0.2) is 9.78 Å². The first kappa shape index (κ1) is 17.3. The SMILES string of the molecule is CCC(CC)c1cc(-c2ccc(F)c(F)c2)ccc1-n1ccc(C)n1. The second-order valence-corrected chi connectivity index (χ2v) is 6.32. The molecule has 0 saturated carbocycles. The summed E-state index contributed by atoms with van der Waals surface area (Å²) >= 11 is 0. The summed E-state index contributed by atoms with van der Waals surface area (Å²) < 4.78 is 28.7. The van der Waals surface area contributed by atoms with E-state index in [4.69, 9.17) is 0 Å². The van der Waals surface area contributed by atoms with Gasteiger partial charge in [-0.05, 0) is 72.7 Å². The average molecular weight is 340 g/mol. The molecule has 0 spiro atoms. The minimum Gasteiger partial charge on any atom is -0.240 e. The fourth-order valence-electron chi connectivity index (χ4n) is 3.22. The number of aryl methyl sites for hydroxylation is 1. The highest BCUT2D eigenvalue weighted by atomic mass is 19.2. The van der Waals surface area contributed by atoms with Crippen LogP contribution in [0.15, 0.2) is 48.7 Å². The van der Waals surface area contributed by atoms with Crippen molar-refractivity contribution < 1.29 is 8.78 Å². The summed E-state index contributed by atoms with van der Waals surface area (Å²) in [7, 11) is 0. The summed E-state index contributed by atoms with van der Waals surface area (Å²) in [6.07, 6.45) is 3.96. The molecule has 2 aromatic carbocycles. The Morgan fingerprint density at radius 3 is 2.20 bits per heavy atom. The predicted octanol–water partition coefficient (Wildman–Crippen LogP) is 6.03. The molecule has 0 amide bonds. The van der Waals surface area contributed by atoms with Gasteiger partial charge in [0, 0.05) is 6.20 Å². The maximum atomic E-state index is 13.6. The highest BCUT2D eigenvalue weighted by molar-refractivity contribution is 5.67. The minimum absolute atomic E-state index is 0.379. The Bertz CT molecular complexity index is 879. The van der Waals surface area contributed by atoms with Crippen molar-refractivity contribution in [1.29, 1.82) is 0 Å². The zero-order valence-electron chi connectivity index (χ0n) is 14.8. The third kappa shape index (κ3) is 3.48. The molecule has 0 bridgehead atoms. The van der Waals surface area contributed by atoms with Crippen molar-refractivity contribution in [3.8, 4) is 16.8 Å². The molecular weight excluding hydrogens is 318 g/mol. The van der Waals surface area contributed by atoms with E-state index in [1.54, 1.807) is 6.07 Å². The molecule has 0 radical (unpaired) electrons. The van der Waals surface area contributed by atoms with Crippen LogP contribution < -0.4 is 0 Å². The third-order valence-electron chi connectivity index (χ3n) is 4.68. The second-order valence-electron chi connectivity index (χ2n) is 6.32. The summed E-state index contributed by atoms with van der Waals surface area (Å²) in [4.78, 5) is 0. The monoisotopic (exact) mass is 340 g/mol. The van der Waals surface area contributed by atoms with Crippen molar-refractivity contribution in [3.05, 3.63) is 71.6 Å². The summed E-state index contributed by atoms with van der Waals surface area (Å²) in [5.41, 5.74) is 4.73. The average Bonchev–Trinajstić information content (AvgIpc) is 3.04. The highest BCUT2D eigenvalue weighted by Gasteiger charge is 2.16. The molecule has 0 fully saturated rings. The summed E-state index contributed by atoms with van der Waals surface area (Å²) in [5, 5.41) is 4.53. The van der Waals surface area contributed by atoms with E-state index in [0.29, 0.717) is 11.5 Å². The van der Waals surface area contributed by atoms with Gasteiger partial charge in [0.1, 0.15) is 0 Å². The van der Waals surface area contributed by atoms with Gasteiger partial charge in [-0.1, -0.05) is 26.0 Å². The number of hydrogen-bond donors (Lipinski definition) is 0. The van der Waals surface area contributed by atoms with Crippen LogP contribution in [-0.2, 0) is 0 Å². The normalized spacial score (nSPS) is 11.3. The number of aromatic nitrogens is 2. The molecule has 0 atom stereocenters. The zero-order valence-corrected chi connectivity index (χ0v) is 14.8. The van der Waals surface area contributed by atoms with Crippen molar-refractivity contribution in [2.45, 2.75) is 39.5 Å². The highest BCUT2D eigenvalue weighted by Crippen LogP contribution is 2.33. The second kappa shape index (κ2) is 7.18. The fourth-order valence-corrected chi connectivity index (χ4v) is 3.22.